The molecule has 116 valence electrons. The summed E-state index contributed by atoms with van der Waals surface area (Å²) in [4.78, 5) is 13.7. The molecule has 1 heterocycles. The highest BCUT2D eigenvalue weighted by Crippen LogP contribution is 2.31. The van der Waals surface area contributed by atoms with Crippen molar-refractivity contribution in [3.8, 4) is 0 Å². The number of nitrogens with zero attached hydrogens (tertiary/aromatic N) is 1. The largest absolute Gasteiger partial charge is 0.316 e. The maximum atomic E-state index is 12.8. The van der Waals surface area contributed by atoms with E-state index in [4.69, 9.17) is 0 Å². The Morgan fingerprint density at radius 1 is 1.29 bits per heavy atom. The molecule has 1 saturated heterocycles. The maximum absolute atomic E-state index is 12.8. The highest BCUT2D eigenvalue weighted by molar-refractivity contribution is 5.85. The topological polar surface area (TPSA) is 32.3 Å². The molecule has 0 saturated carbocycles. The standard InChI is InChI=1S/C16H22F2N2O/c1-9(2)14-16(21)20(8-13(17)18)15(19-14)12-7-10(3)5-6-11(12)4/h5-7,9,13-15,19H,8H2,1-4H3. The van der Waals surface area contributed by atoms with Crippen LogP contribution in [-0.2, 0) is 4.79 Å². The zero-order chi connectivity index (χ0) is 15.7. The molecule has 5 heteroatoms. The molecular weight excluding hydrogens is 274 g/mol. The van der Waals surface area contributed by atoms with Gasteiger partial charge in [0.2, 0.25) is 5.91 Å². The molecule has 1 aliphatic rings. The molecule has 0 bridgehead atoms. The SMILES string of the molecule is Cc1ccc(C)c(C2NC(C(C)C)C(=O)N2CC(F)F)c1. The number of halogens is 2. The van der Waals surface area contributed by atoms with Gasteiger partial charge in [0.25, 0.3) is 6.43 Å². The van der Waals surface area contributed by atoms with Crippen molar-refractivity contribution in [2.75, 3.05) is 6.54 Å². The van der Waals surface area contributed by atoms with Gasteiger partial charge in [-0.05, 0) is 30.9 Å². The minimum absolute atomic E-state index is 0.0628. The Labute approximate surface area is 124 Å². The summed E-state index contributed by atoms with van der Waals surface area (Å²) < 4.78 is 25.7. The summed E-state index contributed by atoms with van der Waals surface area (Å²) >= 11 is 0. The zero-order valence-electron chi connectivity index (χ0n) is 12.9. The first kappa shape index (κ1) is 15.9. The van der Waals surface area contributed by atoms with E-state index in [1.807, 2.05) is 45.9 Å². The van der Waals surface area contributed by atoms with Gasteiger partial charge in [-0.3, -0.25) is 10.1 Å². The molecule has 0 spiro atoms. The number of benzene rings is 1. The Morgan fingerprint density at radius 3 is 2.52 bits per heavy atom. The van der Waals surface area contributed by atoms with Crippen molar-refractivity contribution in [2.24, 2.45) is 5.92 Å². The van der Waals surface area contributed by atoms with E-state index in [2.05, 4.69) is 5.32 Å². The van der Waals surface area contributed by atoms with Crippen LogP contribution in [0.4, 0.5) is 8.78 Å². The Balaban J connectivity index is 2.39. The molecule has 1 aliphatic heterocycles. The van der Waals surface area contributed by atoms with Crippen LogP contribution in [0.5, 0.6) is 0 Å². The lowest BCUT2D eigenvalue weighted by Gasteiger charge is -2.25. The van der Waals surface area contributed by atoms with Crippen molar-refractivity contribution >= 4 is 5.91 Å². The Morgan fingerprint density at radius 2 is 1.95 bits per heavy atom. The van der Waals surface area contributed by atoms with Crippen molar-refractivity contribution < 1.29 is 13.6 Å². The second-order valence-electron chi connectivity index (χ2n) is 6.03. The fourth-order valence-electron chi connectivity index (χ4n) is 2.77. The molecule has 1 aromatic carbocycles. The summed E-state index contributed by atoms with van der Waals surface area (Å²) in [6.45, 7) is 7.19. The van der Waals surface area contributed by atoms with E-state index in [-0.39, 0.29) is 11.8 Å². The van der Waals surface area contributed by atoms with Gasteiger partial charge in [0.1, 0.15) is 6.17 Å². The zero-order valence-corrected chi connectivity index (χ0v) is 12.9. The van der Waals surface area contributed by atoms with Gasteiger partial charge in [-0.2, -0.15) is 0 Å². The third-order valence-corrected chi connectivity index (χ3v) is 3.93. The molecule has 2 unspecified atom stereocenters. The molecule has 1 amide bonds. The van der Waals surface area contributed by atoms with Gasteiger partial charge >= 0.3 is 0 Å². The van der Waals surface area contributed by atoms with Crippen LogP contribution in [0.25, 0.3) is 0 Å². The van der Waals surface area contributed by atoms with Crippen LogP contribution >= 0.6 is 0 Å². The number of carbonyl (C=O) groups is 1. The predicted octanol–water partition coefficient (Wildman–Crippen LogP) is 3.02. The molecule has 0 aromatic heterocycles. The Kier molecular flexibility index (Phi) is 4.61. The van der Waals surface area contributed by atoms with Crippen molar-refractivity contribution in [1.82, 2.24) is 10.2 Å². The molecule has 1 fully saturated rings. The number of aryl methyl sites for hydroxylation is 2. The number of hydrogen-bond acceptors (Lipinski definition) is 2. The first-order valence-corrected chi connectivity index (χ1v) is 7.23. The van der Waals surface area contributed by atoms with E-state index < -0.39 is 25.2 Å². The molecule has 1 aromatic rings. The van der Waals surface area contributed by atoms with Crippen molar-refractivity contribution in [2.45, 2.75) is 46.3 Å². The molecule has 0 aliphatic carbocycles. The van der Waals surface area contributed by atoms with E-state index in [0.717, 1.165) is 16.7 Å². The number of carbonyl (C=O) groups excluding carboxylic acids is 1. The van der Waals surface area contributed by atoms with Gasteiger partial charge in [0.05, 0.1) is 12.6 Å². The molecule has 3 nitrogen and oxygen atoms in total. The summed E-state index contributed by atoms with van der Waals surface area (Å²) in [5.74, 6) is -0.177. The first-order chi connectivity index (χ1) is 9.81. The fraction of sp³-hybridized carbons (Fsp3) is 0.562. The molecule has 2 atom stereocenters. The van der Waals surface area contributed by atoms with Crippen LogP contribution in [0.2, 0.25) is 0 Å². The van der Waals surface area contributed by atoms with Crippen molar-refractivity contribution in [1.29, 1.82) is 0 Å². The summed E-state index contributed by atoms with van der Waals surface area (Å²) in [5, 5.41) is 3.22. The quantitative estimate of drug-likeness (QED) is 0.926. The number of hydrogen-bond donors (Lipinski definition) is 1. The molecule has 21 heavy (non-hydrogen) atoms. The number of rotatable bonds is 4. The summed E-state index contributed by atoms with van der Waals surface area (Å²) in [5.41, 5.74) is 2.94. The van der Waals surface area contributed by atoms with Crippen LogP contribution in [0.3, 0.4) is 0 Å². The Bertz CT molecular complexity index is 531. The van der Waals surface area contributed by atoms with Gasteiger partial charge in [-0.15, -0.1) is 0 Å². The molecule has 2 rings (SSSR count). The van der Waals surface area contributed by atoms with Gasteiger partial charge in [-0.1, -0.05) is 37.6 Å². The van der Waals surface area contributed by atoms with E-state index in [0.29, 0.717) is 0 Å². The average Bonchev–Trinajstić information content (AvgIpc) is 2.70. The highest BCUT2D eigenvalue weighted by Gasteiger charge is 2.42. The maximum Gasteiger partial charge on any atom is 0.255 e. The van der Waals surface area contributed by atoms with Crippen LogP contribution in [-0.4, -0.2) is 29.8 Å². The Hall–Kier alpha value is -1.49. The van der Waals surface area contributed by atoms with Gasteiger partial charge in [0, 0.05) is 0 Å². The monoisotopic (exact) mass is 296 g/mol. The fourth-order valence-corrected chi connectivity index (χ4v) is 2.77. The lowest BCUT2D eigenvalue weighted by molar-refractivity contribution is -0.132. The predicted molar refractivity (Wildman–Crippen MR) is 78.1 cm³/mol. The van der Waals surface area contributed by atoms with Gasteiger partial charge < -0.3 is 4.90 Å². The number of amides is 1. The normalized spacial score (nSPS) is 22.7. The van der Waals surface area contributed by atoms with E-state index in [1.165, 1.54) is 4.90 Å². The molecular formula is C16H22F2N2O. The van der Waals surface area contributed by atoms with Gasteiger partial charge in [-0.25, -0.2) is 8.78 Å². The van der Waals surface area contributed by atoms with Crippen LogP contribution in [0, 0.1) is 19.8 Å². The minimum Gasteiger partial charge on any atom is -0.316 e. The summed E-state index contributed by atoms with van der Waals surface area (Å²) in [7, 11) is 0. The lowest BCUT2D eigenvalue weighted by atomic mass is 10.0. The van der Waals surface area contributed by atoms with Crippen LogP contribution in [0.1, 0.15) is 36.7 Å². The first-order valence-electron chi connectivity index (χ1n) is 7.23. The highest BCUT2D eigenvalue weighted by atomic mass is 19.3. The van der Waals surface area contributed by atoms with Gasteiger partial charge in [0.15, 0.2) is 0 Å². The molecule has 1 N–H and O–H groups in total. The summed E-state index contributed by atoms with van der Waals surface area (Å²) in [6.07, 6.45) is -3.01. The minimum atomic E-state index is -2.53. The summed E-state index contributed by atoms with van der Waals surface area (Å²) in [6, 6.07) is 5.49. The van der Waals surface area contributed by atoms with Crippen molar-refractivity contribution in [3.05, 3.63) is 34.9 Å². The third kappa shape index (κ3) is 3.23. The molecule has 0 radical (unpaired) electrons. The lowest BCUT2D eigenvalue weighted by Crippen LogP contribution is -2.36. The average molecular weight is 296 g/mol. The smallest absolute Gasteiger partial charge is 0.255 e. The number of alkyl halides is 2. The third-order valence-electron chi connectivity index (χ3n) is 3.93. The van der Waals surface area contributed by atoms with E-state index in [1.54, 1.807) is 0 Å². The van der Waals surface area contributed by atoms with Crippen LogP contribution in [0.15, 0.2) is 18.2 Å². The number of nitrogens with one attached hydrogen (secondary N) is 1. The van der Waals surface area contributed by atoms with E-state index >= 15 is 0 Å². The van der Waals surface area contributed by atoms with E-state index in [9.17, 15) is 13.6 Å². The van der Waals surface area contributed by atoms with Crippen molar-refractivity contribution in [3.63, 3.8) is 0 Å². The van der Waals surface area contributed by atoms with Crippen LogP contribution < -0.4 is 5.32 Å². The second-order valence-corrected chi connectivity index (χ2v) is 6.03. The second kappa shape index (κ2) is 6.10.